The molecular formula is C15H18N2O3. The highest BCUT2D eigenvalue weighted by Gasteiger charge is 2.19. The van der Waals surface area contributed by atoms with Crippen LogP contribution in [0.2, 0.25) is 0 Å². The number of phenolic OH excluding ortho intramolecular Hbond substituents is 1. The number of phenols is 1. The van der Waals surface area contributed by atoms with Crippen molar-refractivity contribution in [1.29, 1.82) is 0 Å². The van der Waals surface area contributed by atoms with Crippen molar-refractivity contribution in [2.45, 2.75) is 19.0 Å². The number of nitrogens with zero attached hydrogens (tertiary/aromatic N) is 1. The molecule has 0 aliphatic carbocycles. The number of benzene rings is 1. The van der Waals surface area contributed by atoms with E-state index in [1.165, 1.54) is 0 Å². The first-order valence-electron chi connectivity index (χ1n) is 6.37. The first-order chi connectivity index (χ1) is 9.56. The predicted octanol–water partition coefficient (Wildman–Crippen LogP) is 1.51. The van der Waals surface area contributed by atoms with Gasteiger partial charge in [0.25, 0.3) is 0 Å². The molecule has 0 aliphatic rings. The molecule has 1 aromatic carbocycles. The smallest absolute Gasteiger partial charge is 0.239 e. The van der Waals surface area contributed by atoms with Gasteiger partial charge in [0.05, 0.1) is 18.8 Å². The van der Waals surface area contributed by atoms with Crippen LogP contribution in [0, 0.1) is 0 Å². The zero-order valence-corrected chi connectivity index (χ0v) is 11.3. The van der Waals surface area contributed by atoms with Crippen molar-refractivity contribution in [2.24, 2.45) is 5.73 Å². The summed E-state index contributed by atoms with van der Waals surface area (Å²) >= 11 is 0. The van der Waals surface area contributed by atoms with Crippen LogP contribution >= 0.6 is 0 Å². The van der Waals surface area contributed by atoms with E-state index in [4.69, 9.17) is 10.2 Å². The summed E-state index contributed by atoms with van der Waals surface area (Å²) < 4.78 is 5.20. The van der Waals surface area contributed by atoms with E-state index in [1.807, 2.05) is 6.07 Å². The third-order valence-corrected chi connectivity index (χ3v) is 3.06. The standard InChI is InChI=1S/C15H18N2O3/c1-17(10-13-3-2-8-20-13)15(19)14(16)9-11-4-6-12(18)7-5-11/h2-8,14,18H,9-10,16H2,1H3/t14-/m1/s1. The second kappa shape index (κ2) is 6.25. The number of amides is 1. The second-order valence-electron chi connectivity index (χ2n) is 4.75. The Balaban J connectivity index is 1.92. The lowest BCUT2D eigenvalue weighted by Crippen LogP contribution is -2.42. The molecule has 1 amide bonds. The van der Waals surface area contributed by atoms with E-state index in [9.17, 15) is 9.90 Å². The first-order valence-corrected chi connectivity index (χ1v) is 6.37. The van der Waals surface area contributed by atoms with Crippen molar-refractivity contribution < 1.29 is 14.3 Å². The Hall–Kier alpha value is -2.27. The van der Waals surface area contributed by atoms with Crippen LogP contribution in [0.4, 0.5) is 0 Å². The maximum atomic E-state index is 12.2. The van der Waals surface area contributed by atoms with Gasteiger partial charge in [0.1, 0.15) is 11.5 Å². The molecule has 20 heavy (non-hydrogen) atoms. The van der Waals surface area contributed by atoms with E-state index in [-0.39, 0.29) is 11.7 Å². The number of furan rings is 1. The van der Waals surface area contributed by atoms with Gasteiger partial charge in [0, 0.05) is 7.05 Å². The normalized spacial score (nSPS) is 12.1. The lowest BCUT2D eigenvalue weighted by Gasteiger charge is -2.20. The number of hydrogen-bond acceptors (Lipinski definition) is 4. The third kappa shape index (κ3) is 3.61. The van der Waals surface area contributed by atoms with Crippen LogP contribution in [0.3, 0.4) is 0 Å². The number of likely N-dealkylation sites (N-methyl/N-ethyl adjacent to an activating group) is 1. The van der Waals surface area contributed by atoms with Crippen LogP contribution in [0.1, 0.15) is 11.3 Å². The van der Waals surface area contributed by atoms with E-state index in [1.54, 1.807) is 48.5 Å². The molecule has 0 spiro atoms. The zero-order valence-electron chi connectivity index (χ0n) is 11.3. The Bertz CT molecular complexity index is 549. The summed E-state index contributed by atoms with van der Waals surface area (Å²) in [5.41, 5.74) is 6.84. The number of aromatic hydroxyl groups is 1. The highest BCUT2D eigenvalue weighted by molar-refractivity contribution is 5.81. The Morgan fingerprint density at radius 2 is 2.05 bits per heavy atom. The van der Waals surface area contributed by atoms with Crippen LogP contribution in [0.25, 0.3) is 0 Å². The second-order valence-corrected chi connectivity index (χ2v) is 4.75. The van der Waals surface area contributed by atoms with Gasteiger partial charge in [-0.1, -0.05) is 12.1 Å². The van der Waals surface area contributed by atoms with Gasteiger partial charge in [0.2, 0.25) is 5.91 Å². The molecule has 1 aromatic heterocycles. The molecule has 0 saturated heterocycles. The first kappa shape index (κ1) is 14.1. The van der Waals surface area contributed by atoms with Gasteiger partial charge in [-0.15, -0.1) is 0 Å². The maximum Gasteiger partial charge on any atom is 0.239 e. The summed E-state index contributed by atoms with van der Waals surface area (Å²) in [4.78, 5) is 13.7. The van der Waals surface area contributed by atoms with Crippen LogP contribution < -0.4 is 5.73 Å². The van der Waals surface area contributed by atoms with Crippen LogP contribution in [0.5, 0.6) is 5.75 Å². The van der Waals surface area contributed by atoms with Crippen molar-refractivity contribution in [3.63, 3.8) is 0 Å². The molecular weight excluding hydrogens is 256 g/mol. The van der Waals surface area contributed by atoms with Crippen molar-refractivity contribution in [1.82, 2.24) is 4.90 Å². The number of hydrogen-bond donors (Lipinski definition) is 2. The lowest BCUT2D eigenvalue weighted by molar-refractivity contribution is -0.132. The predicted molar refractivity (Wildman–Crippen MR) is 75.0 cm³/mol. The fourth-order valence-corrected chi connectivity index (χ4v) is 1.97. The minimum atomic E-state index is -0.612. The topological polar surface area (TPSA) is 79.7 Å². The molecule has 106 valence electrons. The van der Waals surface area contributed by atoms with Gasteiger partial charge in [-0.2, -0.15) is 0 Å². The van der Waals surface area contributed by atoms with Gasteiger partial charge in [-0.3, -0.25) is 4.79 Å². The number of carbonyl (C=O) groups is 1. The van der Waals surface area contributed by atoms with E-state index >= 15 is 0 Å². The Labute approximate surface area is 117 Å². The molecule has 0 bridgehead atoms. The van der Waals surface area contributed by atoms with Gasteiger partial charge in [-0.25, -0.2) is 0 Å². The average Bonchev–Trinajstić information content (AvgIpc) is 2.93. The molecule has 0 saturated carbocycles. The number of nitrogens with two attached hydrogens (primary N) is 1. The molecule has 0 fully saturated rings. The monoisotopic (exact) mass is 274 g/mol. The summed E-state index contributed by atoms with van der Waals surface area (Å²) in [6.07, 6.45) is 2.01. The fourth-order valence-electron chi connectivity index (χ4n) is 1.97. The van der Waals surface area contributed by atoms with Gasteiger partial charge < -0.3 is 20.2 Å². The molecule has 0 unspecified atom stereocenters. The summed E-state index contributed by atoms with van der Waals surface area (Å²) in [5.74, 6) is 0.774. The van der Waals surface area contributed by atoms with Crippen molar-refractivity contribution in [2.75, 3.05) is 7.05 Å². The molecule has 3 N–H and O–H groups in total. The fraction of sp³-hybridized carbons (Fsp3) is 0.267. The molecule has 5 heteroatoms. The Morgan fingerprint density at radius 1 is 1.35 bits per heavy atom. The molecule has 1 heterocycles. The zero-order chi connectivity index (χ0) is 14.5. The van der Waals surface area contributed by atoms with Crippen LogP contribution in [-0.2, 0) is 17.8 Å². The van der Waals surface area contributed by atoms with Crippen LogP contribution in [0.15, 0.2) is 47.1 Å². The van der Waals surface area contributed by atoms with E-state index in [2.05, 4.69) is 0 Å². The minimum Gasteiger partial charge on any atom is -0.508 e. The number of carbonyl (C=O) groups excluding carboxylic acids is 1. The summed E-state index contributed by atoms with van der Waals surface area (Å²) in [6.45, 7) is 0.398. The molecule has 2 rings (SSSR count). The highest BCUT2D eigenvalue weighted by atomic mass is 16.3. The van der Waals surface area contributed by atoms with Crippen molar-refractivity contribution in [3.8, 4) is 5.75 Å². The average molecular weight is 274 g/mol. The van der Waals surface area contributed by atoms with E-state index in [0.717, 1.165) is 11.3 Å². The molecule has 1 atom stereocenters. The third-order valence-electron chi connectivity index (χ3n) is 3.06. The van der Waals surface area contributed by atoms with Crippen LogP contribution in [-0.4, -0.2) is 29.0 Å². The molecule has 0 radical (unpaired) electrons. The Morgan fingerprint density at radius 3 is 2.65 bits per heavy atom. The van der Waals surface area contributed by atoms with Gasteiger partial charge in [-0.05, 0) is 36.2 Å². The quantitative estimate of drug-likeness (QED) is 0.866. The van der Waals surface area contributed by atoms with Crippen molar-refractivity contribution >= 4 is 5.91 Å². The summed E-state index contributed by atoms with van der Waals surface area (Å²) in [6, 6.07) is 9.67. The number of rotatable bonds is 5. The van der Waals surface area contributed by atoms with E-state index < -0.39 is 6.04 Å². The Kier molecular flexibility index (Phi) is 4.42. The summed E-state index contributed by atoms with van der Waals surface area (Å²) in [5, 5.41) is 9.22. The molecule has 2 aromatic rings. The van der Waals surface area contributed by atoms with Gasteiger partial charge >= 0.3 is 0 Å². The van der Waals surface area contributed by atoms with Crippen molar-refractivity contribution in [3.05, 3.63) is 54.0 Å². The van der Waals surface area contributed by atoms with Gasteiger partial charge in [0.15, 0.2) is 0 Å². The maximum absolute atomic E-state index is 12.2. The molecule has 0 aliphatic heterocycles. The molecule has 5 nitrogen and oxygen atoms in total. The largest absolute Gasteiger partial charge is 0.508 e. The van der Waals surface area contributed by atoms with E-state index in [0.29, 0.717) is 13.0 Å². The summed E-state index contributed by atoms with van der Waals surface area (Å²) in [7, 11) is 1.70. The lowest BCUT2D eigenvalue weighted by atomic mass is 10.1. The minimum absolute atomic E-state index is 0.144. The highest BCUT2D eigenvalue weighted by Crippen LogP contribution is 2.12. The SMILES string of the molecule is CN(Cc1ccco1)C(=O)[C@H](N)Cc1ccc(O)cc1.